The van der Waals surface area contributed by atoms with Gasteiger partial charge in [-0.15, -0.1) is 0 Å². The van der Waals surface area contributed by atoms with Gasteiger partial charge in [-0.2, -0.15) is 0 Å². The molecule has 1 rings (SSSR count). The molecule has 0 aliphatic heterocycles. The number of nitrogens with one attached hydrogen (secondary N) is 3. The van der Waals surface area contributed by atoms with Gasteiger partial charge in [-0.05, 0) is 24.3 Å². The normalized spacial score (nSPS) is 9.31. The highest BCUT2D eigenvalue weighted by molar-refractivity contribution is 5.89. The Labute approximate surface area is 93.3 Å². The molecule has 0 unspecified atom stereocenters. The number of nitrogens with two attached hydrogens (primary N) is 1. The molecule has 0 aliphatic carbocycles. The molecule has 5 N–H and O–H groups in total. The lowest BCUT2D eigenvalue weighted by Gasteiger charge is -2.07. The van der Waals surface area contributed by atoms with Crippen molar-refractivity contribution < 1.29 is 9.53 Å². The second-order valence-corrected chi connectivity index (χ2v) is 3.04. The summed E-state index contributed by atoms with van der Waals surface area (Å²) < 4.78 is 5.18. The molecule has 0 radical (unpaired) electrons. The van der Waals surface area contributed by atoms with Gasteiger partial charge in [-0.3, -0.25) is 5.41 Å². The van der Waals surface area contributed by atoms with Crippen LogP contribution in [0.2, 0.25) is 0 Å². The summed E-state index contributed by atoms with van der Waals surface area (Å²) >= 11 is 0. The molecule has 2 amide bonds. The maximum Gasteiger partial charge on any atom is 0.318 e. The first-order valence-electron chi connectivity index (χ1n) is 4.66. The number of benzene rings is 1. The average Bonchev–Trinajstić information content (AvgIpc) is 2.28. The highest BCUT2D eigenvalue weighted by Gasteiger charge is 1.99. The number of hydrogen-bond acceptors (Lipinski definition) is 3. The first-order valence-corrected chi connectivity index (χ1v) is 4.66. The molecule has 0 fully saturated rings. The Kier molecular flexibility index (Phi) is 4.14. The van der Waals surface area contributed by atoms with Crippen molar-refractivity contribution in [1.29, 1.82) is 5.41 Å². The predicted molar refractivity (Wildman–Crippen MR) is 61.9 cm³/mol. The fraction of sp³-hybridized carbons (Fsp3) is 0.200. The largest absolute Gasteiger partial charge is 0.486 e. The Morgan fingerprint density at radius 2 is 2.06 bits per heavy atom. The summed E-state index contributed by atoms with van der Waals surface area (Å²) in [6.07, 6.45) is 0. The summed E-state index contributed by atoms with van der Waals surface area (Å²) in [6, 6.07) is 6.50. The smallest absolute Gasteiger partial charge is 0.318 e. The van der Waals surface area contributed by atoms with E-state index in [9.17, 15) is 4.79 Å². The van der Waals surface area contributed by atoms with Crippen LogP contribution in [-0.2, 0) is 0 Å². The zero-order valence-electron chi connectivity index (χ0n) is 8.91. The zero-order valence-corrected chi connectivity index (χ0v) is 8.91. The molecule has 16 heavy (non-hydrogen) atoms. The van der Waals surface area contributed by atoms with Crippen LogP contribution in [0.25, 0.3) is 0 Å². The monoisotopic (exact) mass is 222 g/mol. The highest BCUT2D eigenvalue weighted by Crippen LogP contribution is 2.15. The van der Waals surface area contributed by atoms with E-state index in [0.717, 1.165) is 0 Å². The lowest BCUT2D eigenvalue weighted by molar-refractivity contribution is 0.254. The number of hydrogen-bond donors (Lipinski definition) is 4. The van der Waals surface area contributed by atoms with E-state index in [-0.39, 0.29) is 18.5 Å². The third-order valence-corrected chi connectivity index (χ3v) is 1.73. The van der Waals surface area contributed by atoms with E-state index in [1.165, 1.54) is 0 Å². The fourth-order valence-corrected chi connectivity index (χ4v) is 0.989. The number of carbonyl (C=O) groups is 1. The van der Waals surface area contributed by atoms with Gasteiger partial charge in [0.2, 0.25) is 0 Å². The molecule has 1 aromatic rings. The second kappa shape index (κ2) is 5.59. The number of anilines is 1. The molecule has 6 nitrogen and oxygen atoms in total. The van der Waals surface area contributed by atoms with Gasteiger partial charge in [0.1, 0.15) is 18.2 Å². The molecule has 0 aromatic heterocycles. The van der Waals surface area contributed by atoms with Gasteiger partial charge in [-0.25, -0.2) is 4.79 Å². The van der Waals surface area contributed by atoms with Crippen LogP contribution in [-0.4, -0.2) is 25.5 Å². The minimum Gasteiger partial charge on any atom is -0.486 e. The van der Waals surface area contributed by atoms with E-state index in [0.29, 0.717) is 11.4 Å². The Bertz CT molecular complexity index is 375. The minimum atomic E-state index is -0.280. The first kappa shape index (κ1) is 11.8. The van der Waals surface area contributed by atoms with Crippen molar-refractivity contribution in [3.63, 3.8) is 0 Å². The van der Waals surface area contributed by atoms with Crippen molar-refractivity contribution in [2.24, 2.45) is 5.73 Å². The van der Waals surface area contributed by atoms with Crippen molar-refractivity contribution in [2.75, 3.05) is 19.0 Å². The number of amidine groups is 1. The fourth-order valence-electron chi connectivity index (χ4n) is 0.989. The van der Waals surface area contributed by atoms with E-state index in [4.69, 9.17) is 15.9 Å². The maximum atomic E-state index is 11.0. The molecule has 0 bridgehead atoms. The van der Waals surface area contributed by atoms with Crippen molar-refractivity contribution in [1.82, 2.24) is 5.32 Å². The van der Waals surface area contributed by atoms with Crippen molar-refractivity contribution in [3.05, 3.63) is 24.3 Å². The van der Waals surface area contributed by atoms with Crippen LogP contribution in [0.1, 0.15) is 0 Å². The Morgan fingerprint density at radius 1 is 1.44 bits per heavy atom. The number of rotatable bonds is 4. The summed E-state index contributed by atoms with van der Waals surface area (Å²) in [5.41, 5.74) is 5.81. The van der Waals surface area contributed by atoms with E-state index in [2.05, 4.69) is 10.6 Å². The summed E-state index contributed by atoms with van der Waals surface area (Å²) in [4.78, 5) is 11.0. The summed E-state index contributed by atoms with van der Waals surface area (Å²) in [7, 11) is 1.54. The number of amides is 2. The molecular formula is C10H14N4O2. The summed E-state index contributed by atoms with van der Waals surface area (Å²) in [6.45, 7) is 0.0578. The molecule has 6 heteroatoms. The molecule has 0 spiro atoms. The van der Waals surface area contributed by atoms with E-state index >= 15 is 0 Å². The van der Waals surface area contributed by atoms with Crippen molar-refractivity contribution in [3.8, 4) is 5.75 Å². The van der Waals surface area contributed by atoms with E-state index < -0.39 is 0 Å². The molecule has 0 saturated carbocycles. The highest BCUT2D eigenvalue weighted by atomic mass is 16.5. The molecular weight excluding hydrogens is 208 g/mol. The van der Waals surface area contributed by atoms with Gasteiger partial charge in [0, 0.05) is 12.7 Å². The van der Waals surface area contributed by atoms with Crippen LogP contribution in [0, 0.1) is 5.41 Å². The summed E-state index contributed by atoms with van der Waals surface area (Å²) in [5.74, 6) is 0.560. The van der Waals surface area contributed by atoms with Crippen molar-refractivity contribution in [2.45, 2.75) is 0 Å². The topological polar surface area (TPSA) is 100 Å². The van der Waals surface area contributed by atoms with Crippen LogP contribution >= 0.6 is 0 Å². The standard InChI is InChI=1S/C10H14N4O2/c1-13-10(15)14-7-2-4-8(5-3-7)16-6-9(11)12/h2-5H,6H2,1H3,(H3,11,12)(H2,13,14,15). The lowest BCUT2D eigenvalue weighted by Crippen LogP contribution is -2.24. The summed E-state index contributed by atoms with van der Waals surface area (Å²) in [5, 5.41) is 12.0. The Hall–Kier alpha value is -2.24. The van der Waals surface area contributed by atoms with Crippen LogP contribution < -0.4 is 21.1 Å². The van der Waals surface area contributed by atoms with Gasteiger partial charge in [0.15, 0.2) is 0 Å². The van der Waals surface area contributed by atoms with Gasteiger partial charge in [-0.1, -0.05) is 0 Å². The molecule has 0 heterocycles. The molecule has 86 valence electrons. The molecule has 1 aromatic carbocycles. The van der Waals surface area contributed by atoms with Crippen LogP contribution in [0.15, 0.2) is 24.3 Å². The second-order valence-electron chi connectivity index (χ2n) is 3.04. The SMILES string of the molecule is CNC(=O)Nc1ccc(OCC(=N)N)cc1. The minimum absolute atomic E-state index is 0.0347. The maximum absolute atomic E-state index is 11.0. The third kappa shape index (κ3) is 3.87. The molecule has 0 saturated heterocycles. The molecule has 0 atom stereocenters. The van der Waals surface area contributed by atoms with Gasteiger partial charge < -0.3 is 21.1 Å². The average molecular weight is 222 g/mol. The first-order chi connectivity index (χ1) is 7.61. The van der Waals surface area contributed by atoms with Crippen LogP contribution in [0.3, 0.4) is 0 Å². The van der Waals surface area contributed by atoms with Crippen LogP contribution in [0.4, 0.5) is 10.5 Å². The van der Waals surface area contributed by atoms with Crippen molar-refractivity contribution >= 4 is 17.6 Å². The van der Waals surface area contributed by atoms with Crippen LogP contribution in [0.5, 0.6) is 5.75 Å². The third-order valence-electron chi connectivity index (χ3n) is 1.73. The zero-order chi connectivity index (χ0) is 12.0. The Balaban J connectivity index is 2.54. The Morgan fingerprint density at radius 3 is 2.56 bits per heavy atom. The van der Waals surface area contributed by atoms with E-state index in [1.807, 2.05) is 0 Å². The van der Waals surface area contributed by atoms with Gasteiger partial charge in [0.25, 0.3) is 0 Å². The number of urea groups is 1. The van der Waals surface area contributed by atoms with Gasteiger partial charge >= 0.3 is 6.03 Å². The van der Waals surface area contributed by atoms with Gasteiger partial charge in [0.05, 0.1) is 0 Å². The lowest BCUT2D eigenvalue weighted by atomic mass is 10.3. The number of ether oxygens (including phenoxy) is 1. The van der Waals surface area contributed by atoms with E-state index in [1.54, 1.807) is 31.3 Å². The quantitative estimate of drug-likeness (QED) is 0.446. The predicted octanol–water partition coefficient (Wildman–Crippen LogP) is 0.753. The molecule has 0 aliphatic rings. The number of carbonyl (C=O) groups excluding carboxylic acids is 1.